The summed E-state index contributed by atoms with van der Waals surface area (Å²) in [4.78, 5) is 0. The minimum atomic E-state index is 0.795. The average Bonchev–Trinajstić information content (AvgIpc) is 2.53. The molecule has 0 spiro atoms. The SMILES string of the molecule is CNCc1onc2c1CSC2. The van der Waals surface area contributed by atoms with Crippen LogP contribution in [0.15, 0.2) is 4.52 Å². The lowest BCUT2D eigenvalue weighted by atomic mass is 10.2. The van der Waals surface area contributed by atoms with Gasteiger partial charge in [-0.2, -0.15) is 11.8 Å². The topological polar surface area (TPSA) is 38.1 Å². The molecule has 1 aliphatic rings. The summed E-state index contributed by atoms with van der Waals surface area (Å²) in [5, 5.41) is 7.04. The first-order valence-corrected chi connectivity index (χ1v) is 4.76. The molecule has 0 bridgehead atoms. The van der Waals surface area contributed by atoms with Gasteiger partial charge < -0.3 is 9.84 Å². The average molecular weight is 170 g/mol. The molecule has 4 heteroatoms. The minimum Gasteiger partial charge on any atom is -0.359 e. The number of hydrogen-bond acceptors (Lipinski definition) is 4. The summed E-state index contributed by atoms with van der Waals surface area (Å²) in [6.07, 6.45) is 0. The van der Waals surface area contributed by atoms with Crippen LogP contribution >= 0.6 is 11.8 Å². The van der Waals surface area contributed by atoms with Crippen LogP contribution in [0.5, 0.6) is 0 Å². The predicted molar refractivity (Wildman–Crippen MR) is 44.3 cm³/mol. The fraction of sp³-hybridized carbons (Fsp3) is 0.571. The molecule has 0 aliphatic carbocycles. The third-order valence-electron chi connectivity index (χ3n) is 1.77. The van der Waals surface area contributed by atoms with Crippen molar-refractivity contribution in [2.24, 2.45) is 0 Å². The van der Waals surface area contributed by atoms with Crippen molar-refractivity contribution in [1.82, 2.24) is 10.5 Å². The molecule has 2 heterocycles. The number of hydrogen-bond donors (Lipinski definition) is 1. The smallest absolute Gasteiger partial charge is 0.154 e. The zero-order valence-electron chi connectivity index (χ0n) is 6.39. The van der Waals surface area contributed by atoms with Gasteiger partial charge >= 0.3 is 0 Å². The van der Waals surface area contributed by atoms with Gasteiger partial charge in [0.05, 0.1) is 12.2 Å². The molecular formula is C7H10N2OS. The molecule has 1 aromatic heterocycles. The predicted octanol–water partition coefficient (Wildman–Crippen LogP) is 1.14. The highest BCUT2D eigenvalue weighted by atomic mass is 32.2. The van der Waals surface area contributed by atoms with Crippen LogP contribution in [0.4, 0.5) is 0 Å². The summed E-state index contributed by atoms with van der Waals surface area (Å²) in [5.74, 6) is 3.09. The van der Waals surface area contributed by atoms with Crippen molar-refractivity contribution in [3.63, 3.8) is 0 Å². The lowest BCUT2D eigenvalue weighted by Crippen LogP contribution is -2.05. The second kappa shape index (κ2) is 2.87. The molecule has 0 atom stereocenters. The lowest BCUT2D eigenvalue weighted by Gasteiger charge is -1.93. The quantitative estimate of drug-likeness (QED) is 0.722. The van der Waals surface area contributed by atoms with Gasteiger partial charge in [-0.3, -0.25) is 0 Å². The maximum Gasteiger partial charge on any atom is 0.154 e. The third kappa shape index (κ3) is 1.16. The van der Waals surface area contributed by atoms with Crippen LogP contribution in [-0.4, -0.2) is 12.2 Å². The van der Waals surface area contributed by atoms with Gasteiger partial charge in [0, 0.05) is 17.1 Å². The van der Waals surface area contributed by atoms with E-state index in [1.54, 1.807) is 0 Å². The van der Waals surface area contributed by atoms with Gasteiger partial charge in [0.1, 0.15) is 0 Å². The van der Waals surface area contributed by atoms with E-state index in [9.17, 15) is 0 Å². The summed E-state index contributed by atoms with van der Waals surface area (Å²) >= 11 is 1.90. The molecular weight excluding hydrogens is 160 g/mol. The Kier molecular flexibility index (Phi) is 1.87. The third-order valence-corrected chi connectivity index (χ3v) is 2.74. The normalized spacial score (nSPS) is 15.4. The van der Waals surface area contributed by atoms with Crippen LogP contribution in [0.25, 0.3) is 0 Å². The highest BCUT2D eigenvalue weighted by Crippen LogP contribution is 2.31. The molecule has 1 aromatic rings. The van der Waals surface area contributed by atoms with Crippen LogP contribution in [0.1, 0.15) is 17.0 Å². The molecule has 0 radical (unpaired) electrons. The Balaban J connectivity index is 2.27. The van der Waals surface area contributed by atoms with E-state index in [-0.39, 0.29) is 0 Å². The molecule has 0 unspecified atom stereocenters. The van der Waals surface area contributed by atoms with E-state index in [2.05, 4.69) is 10.5 Å². The molecule has 11 heavy (non-hydrogen) atoms. The molecule has 3 nitrogen and oxygen atoms in total. The lowest BCUT2D eigenvalue weighted by molar-refractivity contribution is 0.372. The van der Waals surface area contributed by atoms with E-state index >= 15 is 0 Å². The fourth-order valence-corrected chi connectivity index (χ4v) is 2.26. The van der Waals surface area contributed by atoms with E-state index in [1.165, 1.54) is 5.56 Å². The maximum absolute atomic E-state index is 5.15. The number of nitrogens with one attached hydrogen (secondary N) is 1. The zero-order valence-corrected chi connectivity index (χ0v) is 7.20. The number of rotatable bonds is 2. The summed E-state index contributed by atoms with van der Waals surface area (Å²) in [6.45, 7) is 0.795. The van der Waals surface area contributed by atoms with Crippen LogP contribution in [0.3, 0.4) is 0 Å². The molecule has 1 N–H and O–H groups in total. The van der Waals surface area contributed by atoms with Crippen molar-refractivity contribution in [2.75, 3.05) is 7.05 Å². The molecule has 0 aromatic carbocycles. The first-order chi connectivity index (χ1) is 5.42. The Labute approximate surface area is 69.5 Å². The molecule has 0 amide bonds. The molecule has 2 rings (SSSR count). The Morgan fingerprint density at radius 3 is 3.36 bits per heavy atom. The number of nitrogens with zero attached hydrogens (tertiary/aromatic N) is 1. The largest absolute Gasteiger partial charge is 0.359 e. The highest BCUT2D eigenvalue weighted by molar-refractivity contribution is 7.98. The van der Waals surface area contributed by atoms with E-state index in [0.29, 0.717) is 0 Å². The Bertz CT molecular complexity index is 259. The van der Waals surface area contributed by atoms with Gasteiger partial charge in [0.15, 0.2) is 5.76 Å². The van der Waals surface area contributed by atoms with Gasteiger partial charge in [-0.1, -0.05) is 5.16 Å². The Morgan fingerprint density at radius 1 is 1.64 bits per heavy atom. The molecule has 1 aliphatic heterocycles. The van der Waals surface area contributed by atoms with Crippen molar-refractivity contribution in [3.8, 4) is 0 Å². The summed E-state index contributed by atoms with van der Waals surface area (Å²) in [7, 11) is 1.91. The van der Waals surface area contributed by atoms with E-state index < -0.39 is 0 Å². The van der Waals surface area contributed by atoms with Crippen molar-refractivity contribution in [2.45, 2.75) is 18.1 Å². The van der Waals surface area contributed by atoms with Crippen molar-refractivity contribution in [1.29, 1.82) is 0 Å². The van der Waals surface area contributed by atoms with Gasteiger partial charge in [-0.15, -0.1) is 0 Å². The molecule has 0 saturated carbocycles. The summed E-state index contributed by atoms with van der Waals surface area (Å²) < 4.78 is 5.15. The number of aromatic nitrogens is 1. The molecule has 0 saturated heterocycles. The molecule has 0 fully saturated rings. The van der Waals surface area contributed by atoms with Crippen LogP contribution < -0.4 is 5.32 Å². The fourth-order valence-electron chi connectivity index (χ4n) is 1.21. The highest BCUT2D eigenvalue weighted by Gasteiger charge is 2.20. The van der Waals surface area contributed by atoms with Gasteiger partial charge in [-0.25, -0.2) is 0 Å². The number of fused-ring (bicyclic) bond motifs is 1. The number of thioether (sulfide) groups is 1. The summed E-state index contributed by atoms with van der Waals surface area (Å²) in [5.41, 5.74) is 2.45. The van der Waals surface area contributed by atoms with Gasteiger partial charge in [0.2, 0.25) is 0 Å². The standard InChI is InChI=1S/C7H10N2OS/c1-8-2-7-5-3-11-4-6(5)9-10-7/h8H,2-4H2,1H3. The minimum absolute atomic E-state index is 0.795. The first-order valence-electron chi connectivity index (χ1n) is 3.60. The van der Waals surface area contributed by atoms with Crippen molar-refractivity contribution >= 4 is 11.8 Å². The Hall–Kier alpha value is -0.480. The monoisotopic (exact) mass is 170 g/mol. The molecule has 60 valence electrons. The van der Waals surface area contributed by atoms with Crippen molar-refractivity contribution < 1.29 is 4.52 Å². The van der Waals surface area contributed by atoms with Gasteiger partial charge in [-0.05, 0) is 7.05 Å². The van der Waals surface area contributed by atoms with Gasteiger partial charge in [0.25, 0.3) is 0 Å². The second-order valence-electron chi connectivity index (χ2n) is 2.55. The second-order valence-corrected chi connectivity index (χ2v) is 3.54. The van der Waals surface area contributed by atoms with E-state index in [4.69, 9.17) is 4.52 Å². The van der Waals surface area contributed by atoms with Crippen LogP contribution in [0, 0.1) is 0 Å². The summed E-state index contributed by atoms with van der Waals surface area (Å²) in [6, 6.07) is 0. The van der Waals surface area contributed by atoms with E-state index in [0.717, 1.165) is 29.5 Å². The zero-order chi connectivity index (χ0) is 7.68. The van der Waals surface area contributed by atoms with Crippen LogP contribution in [-0.2, 0) is 18.1 Å². The Morgan fingerprint density at radius 2 is 2.55 bits per heavy atom. The van der Waals surface area contributed by atoms with Crippen molar-refractivity contribution in [3.05, 3.63) is 17.0 Å². The van der Waals surface area contributed by atoms with Crippen LogP contribution in [0.2, 0.25) is 0 Å². The maximum atomic E-state index is 5.15. The first kappa shape index (κ1) is 7.18. The van der Waals surface area contributed by atoms with E-state index in [1.807, 2.05) is 18.8 Å².